The lowest BCUT2D eigenvalue weighted by molar-refractivity contribution is 0.165. The first kappa shape index (κ1) is 18.6. The summed E-state index contributed by atoms with van der Waals surface area (Å²) in [7, 11) is -1.51. The van der Waals surface area contributed by atoms with E-state index in [4.69, 9.17) is 0 Å². The Hall–Kier alpha value is -2.45. The van der Waals surface area contributed by atoms with Crippen LogP contribution < -0.4 is 5.32 Å². The van der Waals surface area contributed by atoms with Crippen LogP contribution in [0.15, 0.2) is 47.8 Å². The number of fused-ring (bicyclic) bond motifs is 3. The fraction of sp³-hybridized carbons (Fsp3) is 0.429. The van der Waals surface area contributed by atoms with Crippen molar-refractivity contribution in [1.29, 1.82) is 0 Å². The fourth-order valence-electron chi connectivity index (χ4n) is 4.84. The van der Waals surface area contributed by atoms with Gasteiger partial charge >= 0.3 is 0 Å². The van der Waals surface area contributed by atoms with Crippen molar-refractivity contribution < 1.29 is 8.42 Å². The van der Waals surface area contributed by atoms with Crippen molar-refractivity contribution >= 4 is 26.9 Å². The maximum Gasteiger partial charge on any atom is 0.269 e. The summed E-state index contributed by atoms with van der Waals surface area (Å²) in [5.41, 5.74) is 1.42. The van der Waals surface area contributed by atoms with Crippen molar-refractivity contribution in [3.63, 3.8) is 0 Å². The molecular weight excluding hydrogens is 386 g/mol. The Morgan fingerprint density at radius 2 is 1.79 bits per heavy atom. The lowest BCUT2D eigenvalue weighted by Crippen LogP contribution is -2.48. The van der Waals surface area contributed by atoms with Gasteiger partial charge in [0.2, 0.25) is 0 Å². The molecule has 152 valence electrons. The summed E-state index contributed by atoms with van der Waals surface area (Å²) < 4.78 is 27.5. The van der Waals surface area contributed by atoms with Crippen LogP contribution in [0.1, 0.15) is 31.2 Å². The summed E-state index contributed by atoms with van der Waals surface area (Å²) in [6.07, 6.45) is 7.74. The van der Waals surface area contributed by atoms with Gasteiger partial charge in [-0.2, -0.15) is 0 Å². The summed E-state index contributed by atoms with van der Waals surface area (Å²) >= 11 is 0. The van der Waals surface area contributed by atoms with E-state index in [1.807, 2.05) is 6.92 Å². The van der Waals surface area contributed by atoms with Gasteiger partial charge in [0.15, 0.2) is 5.65 Å². The number of aryl methyl sites for hydroxylation is 1. The molecule has 2 aromatic heterocycles. The highest BCUT2D eigenvalue weighted by Gasteiger charge is 2.40. The Kier molecular flexibility index (Phi) is 4.36. The van der Waals surface area contributed by atoms with Crippen LogP contribution >= 0.6 is 0 Å². The molecule has 7 nitrogen and oxygen atoms in total. The largest absolute Gasteiger partial charge is 0.365 e. The number of nitrogens with one attached hydrogen (secondary N) is 1. The van der Waals surface area contributed by atoms with Gasteiger partial charge in [0.25, 0.3) is 10.0 Å². The highest BCUT2D eigenvalue weighted by atomic mass is 32.2. The van der Waals surface area contributed by atoms with Crippen LogP contribution in [-0.2, 0) is 10.0 Å². The molecule has 5 rings (SSSR count). The van der Waals surface area contributed by atoms with Crippen LogP contribution in [-0.4, -0.2) is 52.4 Å². The van der Waals surface area contributed by atoms with Crippen molar-refractivity contribution in [2.24, 2.45) is 0 Å². The van der Waals surface area contributed by atoms with Crippen LogP contribution in [0, 0.1) is 6.92 Å². The van der Waals surface area contributed by atoms with Crippen molar-refractivity contribution in [3.05, 3.63) is 48.4 Å². The van der Waals surface area contributed by atoms with Crippen molar-refractivity contribution in [3.8, 4) is 0 Å². The van der Waals surface area contributed by atoms with Gasteiger partial charge in [-0.1, -0.05) is 17.7 Å². The summed E-state index contributed by atoms with van der Waals surface area (Å²) in [4.78, 5) is 11.5. The van der Waals surface area contributed by atoms with Gasteiger partial charge in [-0.05, 0) is 57.9 Å². The van der Waals surface area contributed by atoms with E-state index >= 15 is 0 Å². The lowest BCUT2D eigenvalue weighted by atomic mass is 9.98. The second kappa shape index (κ2) is 6.81. The van der Waals surface area contributed by atoms with E-state index in [9.17, 15) is 8.42 Å². The molecule has 0 aliphatic carbocycles. The van der Waals surface area contributed by atoms with E-state index in [1.165, 1.54) is 29.6 Å². The minimum absolute atomic E-state index is 0.250. The van der Waals surface area contributed by atoms with Crippen molar-refractivity contribution in [2.45, 2.75) is 55.6 Å². The Labute approximate surface area is 170 Å². The Morgan fingerprint density at radius 3 is 2.59 bits per heavy atom. The molecule has 29 heavy (non-hydrogen) atoms. The van der Waals surface area contributed by atoms with E-state index in [0.717, 1.165) is 17.4 Å². The number of aromatic nitrogens is 3. The number of anilines is 1. The molecular formula is C21H25N5O2S. The van der Waals surface area contributed by atoms with Gasteiger partial charge in [-0.15, -0.1) is 0 Å². The van der Waals surface area contributed by atoms with Crippen LogP contribution in [0.25, 0.3) is 11.0 Å². The van der Waals surface area contributed by atoms with E-state index in [0.29, 0.717) is 29.6 Å². The lowest BCUT2D eigenvalue weighted by Gasteiger charge is -2.38. The summed E-state index contributed by atoms with van der Waals surface area (Å²) in [6, 6.07) is 10.2. The molecule has 3 aromatic rings. The molecule has 0 radical (unpaired) electrons. The molecule has 2 aliphatic rings. The third-order valence-corrected chi connectivity index (χ3v) is 8.20. The molecule has 0 amide bonds. The predicted molar refractivity (Wildman–Crippen MR) is 113 cm³/mol. The monoisotopic (exact) mass is 411 g/mol. The Bertz CT molecular complexity index is 1160. The predicted octanol–water partition coefficient (Wildman–Crippen LogP) is 3.01. The molecule has 2 aliphatic heterocycles. The molecule has 3 atom stereocenters. The Morgan fingerprint density at radius 1 is 1.03 bits per heavy atom. The third kappa shape index (κ3) is 3.02. The average Bonchev–Trinajstić information content (AvgIpc) is 3.24. The minimum atomic E-state index is -3.72. The second-order valence-electron chi connectivity index (χ2n) is 8.18. The first-order chi connectivity index (χ1) is 13.9. The summed E-state index contributed by atoms with van der Waals surface area (Å²) in [5, 5.41) is 4.32. The smallest absolute Gasteiger partial charge is 0.269 e. The van der Waals surface area contributed by atoms with E-state index in [2.05, 4.69) is 27.2 Å². The van der Waals surface area contributed by atoms with Crippen LogP contribution in [0.5, 0.6) is 0 Å². The first-order valence-corrected chi connectivity index (χ1v) is 11.5. The highest BCUT2D eigenvalue weighted by Crippen LogP contribution is 2.36. The maximum absolute atomic E-state index is 13.1. The SMILES string of the molecule is Cc1ccc(S(=O)(=O)n2ccc3c(NC4CCC5CCC4N5C)ncnc32)cc1. The third-order valence-electron chi connectivity index (χ3n) is 6.52. The number of hydrogen-bond acceptors (Lipinski definition) is 6. The number of nitrogens with zero attached hydrogens (tertiary/aromatic N) is 4. The maximum atomic E-state index is 13.1. The normalized spacial score (nSPS) is 24.8. The number of likely N-dealkylation sites (N-methyl/N-ethyl adjacent to an activating group) is 1. The quantitative estimate of drug-likeness (QED) is 0.711. The van der Waals surface area contributed by atoms with Gasteiger partial charge < -0.3 is 5.32 Å². The van der Waals surface area contributed by atoms with Crippen molar-refractivity contribution in [1.82, 2.24) is 18.8 Å². The standard InChI is InChI=1S/C21H25N5O2S/c1-14-3-7-16(8-4-14)29(27,28)26-12-11-17-20(22-13-23-21(17)26)24-18-9-5-15-6-10-19(18)25(15)2/h3-4,7-8,11-13,15,18-19H,5-6,9-10H2,1-2H3,(H,22,23,24). The molecule has 4 heterocycles. The number of rotatable bonds is 4. The first-order valence-electron chi connectivity index (χ1n) is 10.1. The molecule has 0 saturated carbocycles. The topological polar surface area (TPSA) is 80.1 Å². The van der Waals surface area contributed by atoms with Gasteiger partial charge in [0, 0.05) is 24.3 Å². The zero-order chi connectivity index (χ0) is 20.2. The molecule has 2 saturated heterocycles. The molecule has 0 spiro atoms. The van der Waals surface area contributed by atoms with Crippen molar-refractivity contribution in [2.75, 3.05) is 12.4 Å². The van der Waals surface area contributed by atoms with Gasteiger partial charge in [-0.3, -0.25) is 4.90 Å². The average molecular weight is 412 g/mol. The second-order valence-corrected chi connectivity index (χ2v) is 10.00. The zero-order valence-corrected chi connectivity index (χ0v) is 17.4. The zero-order valence-electron chi connectivity index (χ0n) is 16.6. The molecule has 2 bridgehead atoms. The van der Waals surface area contributed by atoms with E-state index < -0.39 is 10.0 Å². The van der Waals surface area contributed by atoms with Gasteiger partial charge in [-0.25, -0.2) is 22.4 Å². The number of piperidine rings is 1. The molecule has 1 aromatic carbocycles. The van der Waals surface area contributed by atoms with E-state index in [-0.39, 0.29) is 4.90 Å². The number of benzene rings is 1. The molecule has 3 unspecified atom stereocenters. The van der Waals surface area contributed by atoms with E-state index in [1.54, 1.807) is 36.5 Å². The highest BCUT2D eigenvalue weighted by molar-refractivity contribution is 7.90. The Balaban J connectivity index is 1.50. The molecule has 2 fully saturated rings. The van der Waals surface area contributed by atoms with Crippen LogP contribution in [0.3, 0.4) is 0 Å². The van der Waals surface area contributed by atoms with Crippen LogP contribution in [0.2, 0.25) is 0 Å². The summed E-state index contributed by atoms with van der Waals surface area (Å²) in [6.45, 7) is 1.93. The minimum Gasteiger partial charge on any atom is -0.365 e. The number of hydrogen-bond donors (Lipinski definition) is 1. The molecule has 8 heteroatoms. The summed E-state index contributed by atoms with van der Waals surface area (Å²) in [5.74, 6) is 0.705. The van der Waals surface area contributed by atoms with Crippen LogP contribution in [0.4, 0.5) is 5.82 Å². The van der Waals surface area contributed by atoms with Gasteiger partial charge in [0.1, 0.15) is 12.1 Å². The van der Waals surface area contributed by atoms with Gasteiger partial charge in [0.05, 0.1) is 10.3 Å². The fourth-order valence-corrected chi connectivity index (χ4v) is 6.14. The molecule has 1 N–H and O–H groups in total.